The molecule has 0 bridgehead atoms. The molecule has 0 aromatic heterocycles. The Morgan fingerprint density at radius 3 is 2.42 bits per heavy atom. The number of carbonyl (C=O) groups excluding carboxylic acids is 1. The Kier molecular flexibility index (Phi) is 3.85. The molecular weight excluding hydrogens is 238 g/mol. The molecule has 0 atom stereocenters. The van der Waals surface area contributed by atoms with Crippen molar-refractivity contribution in [2.75, 3.05) is 7.11 Å². The van der Waals surface area contributed by atoms with Gasteiger partial charge >= 0.3 is 0 Å². The van der Waals surface area contributed by atoms with E-state index in [4.69, 9.17) is 10.5 Å². The van der Waals surface area contributed by atoms with Gasteiger partial charge in [-0.2, -0.15) is 0 Å². The fourth-order valence-electron chi connectivity index (χ4n) is 2.05. The van der Waals surface area contributed by atoms with Crippen molar-refractivity contribution in [1.82, 2.24) is 0 Å². The van der Waals surface area contributed by atoms with E-state index in [2.05, 4.69) is 6.07 Å². The predicted molar refractivity (Wildman–Crippen MR) is 76.1 cm³/mol. The van der Waals surface area contributed by atoms with Crippen LogP contribution in [-0.2, 0) is 11.2 Å². The third kappa shape index (κ3) is 3.13. The molecule has 98 valence electrons. The molecule has 0 radical (unpaired) electrons. The molecule has 2 rings (SSSR count). The van der Waals surface area contributed by atoms with Gasteiger partial charge in [-0.1, -0.05) is 35.9 Å². The van der Waals surface area contributed by atoms with Gasteiger partial charge < -0.3 is 10.5 Å². The summed E-state index contributed by atoms with van der Waals surface area (Å²) in [5.74, 6) is 0.522. The summed E-state index contributed by atoms with van der Waals surface area (Å²) in [6, 6.07) is 13.9. The molecule has 1 amide bonds. The molecule has 0 unspecified atom stereocenters. The van der Waals surface area contributed by atoms with Gasteiger partial charge in [0.25, 0.3) is 0 Å². The van der Waals surface area contributed by atoms with Crippen LogP contribution in [0.4, 0.5) is 0 Å². The molecular formula is C16H17NO2. The third-order valence-electron chi connectivity index (χ3n) is 3.00. The summed E-state index contributed by atoms with van der Waals surface area (Å²) in [6.07, 6.45) is 0.269. The highest BCUT2D eigenvalue weighted by Crippen LogP contribution is 2.30. The molecule has 0 fully saturated rings. The molecule has 0 spiro atoms. The lowest BCUT2D eigenvalue weighted by Gasteiger charge is -2.10. The molecule has 19 heavy (non-hydrogen) atoms. The van der Waals surface area contributed by atoms with Gasteiger partial charge in [-0.3, -0.25) is 4.79 Å². The fraction of sp³-hybridized carbons (Fsp3) is 0.188. The van der Waals surface area contributed by atoms with Gasteiger partial charge in [0.1, 0.15) is 5.75 Å². The van der Waals surface area contributed by atoms with E-state index in [1.54, 1.807) is 7.11 Å². The minimum atomic E-state index is -0.319. The highest BCUT2D eigenvalue weighted by molar-refractivity contribution is 5.77. The second kappa shape index (κ2) is 5.57. The average molecular weight is 255 g/mol. The number of rotatable bonds is 4. The number of aryl methyl sites for hydroxylation is 1. The maximum atomic E-state index is 10.9. The standard InChI is InChI=1S/C16H17NO2/c1-11-3-8-15(19-2)14(9-11)13-6-4-12(5-7-13)10-16(17)18/h3-9H,10H2,1-2H3,(H2,17,18). The number of carbonyl (C=O) groups is 1. The van der Waals surface area contributed by atoms with Crippen molar-refractivity contribution in [2.45, 2.75) is 13.3 Å². The van der Waals surface area contributed by atoms with Crippen LogP contribution in [0.25, 0.3) is 11.1 Å². The van der Waals surface area contributed by atoms with Crippen LogP contribution in [0, 0.1) is 6.92 Å². The monoisotopic (exact) mass is 255 g/mol. The first-order valence-electron chi connectivity index (χ1n) is 6.12. The first-order valence-corrected chi connectivity index (χ1v) is 6.12. The predicted octanol–water partition coefficient (Wildman–Crippen LogP) is 2.70. The summed E-state index contributed by atoms with van der Waals surface area (Å²) in [6.45, 7) is 2.05. The first kappa shape index (κ1) is 13.1. The lowest BCUT2D eigenvalue weighted by molar-refractivity contribution is -0.117. The number of nitrogens with two attached hydrogens (primary N) is 1. The summed E-state index contributed by atoms with van der Waals surface area (Å²) in [4.78, 5) is 10.9. The number of hydrogen-bond acceptors (Lipinski definition) is 2. The minimum Gasteiger partial charge on any atom is -0.496 e. The molecule has 2 N–H and O–H groups in total. The van der Waals surface area contributed by atoms with Crippen LogP contribution in [0.15, 0.2) is 42.5 Å². The van der Waals surface area contributed by atoms with E-state index in [-0.39, 0.29) is 12.3 Å². The van der Waals surface area contributed by atoms with Crippen molar-refractivity contribution in [3.05, 3.63) is 53.6 Å². The molecule has 3 heteroatoms. The van der Waals surface area contributed by atoms with Crippen LogP contribution in [0.1, 0.15) is 11.1 Å². The maximum absolute atomic E-state index is 10.9. The Balaban J connectivity index is 2.36. The molecule has 3 nitrogen and oxygen atoms in total. The van der Waals surface area contributed by atoms with Crippen LogP contribution in [0.2, 0.25) is 0 Å². The SMILES string of the molecule is COc1ccc(C)cc1-c1ccc(CC(N)=O)cc1. The van der Waals surface area contributed by atoms with Crippen LogP contribution in [0.5, 0.6) is 5.75 Å². The fourth-order valence-corrected chi connectivity index (χ4v) is 2.05. The minimum absolute atomic E-state index is 0.269. The van der Waals surface area contributed by atoms with Gasteiger partial charge in [-0.05, 0) is 30.2 Å². The Morgan fingerprint density at radius 1 is 1.16 bits per heavy atom. The largest absolute Gasteiger partial charge is 0.496 e. The van der Waals surface area contributed by atoms with E-state index in [0.717, 1.165) is 22.4 Å². The number of hydrogen-bond donors (Lipinski definition) is 1. The van der Waals surface area contributed by atoms with Gasteiger partial charge in [0.15, 0.2) is 0 Å². The number of ether oxygens (including phenoxy) is 1. The Labute approximate surface area is 113 Å². The molecule has 0 aliphatic heterocycles. The second-order valence-corrected chi connectivity index (χ2v) is 4.54. The zero-order chi connectivity index (χ0) is 13.8. The number of benzene rings is 2. The lowest BCUT2D eigenvalue weighted by atomic mass is 10.0. The van der Waals surface area contributed by atoms with Gasteiger partial charge in [0, 0.05) is 5.56 Å². The van der Waals surface area contributed by atoms with Crippen LogP contribution >= 0.6 is 0 Å². The smallest absolute Gasteiger partial charge is 0.221 e. The summed E-state index contributed by atoms with van der Waals surface area (Å²) >= 11 is 0. The maximum Gasteiger partial charge on any atom is 0.221 e. The molecule has 0 aliphatic rings. The molecule has 0 aliphatic carbocycles. The number of amides is 1. The van der Waals surface area contributed by atoms with E-state index in [9.17, 15) is 4.79 Å². The van der Waals surface area contributed by atoms with Crippen LogP contribution < -0.4 is 10.5 Å². The van der Waals surface area contributed by atoms with E-state index in [0.29, 0.717) is 0 Å². The van der Waals surface area contributed by atoms with E-state index < -0.39 is 0 Å². The normalized spacial score (nSPS) is 10.2. The van der Waals surface area contributed by atoms with Crippen molar-refractivity contribution in [2.24, 2.45) is 5.73 Å². The van der Waals surface area contributed by atoms with Gasteiger partial charge in [0.05, 0.1) is 13.5 Å². The van der Waals surface area contributed by atoms with Crippen molar-refractivity contribution in [3.8, 4) is 16.9 Å². The van der Waals surface area contributed by atoms with Crippen molar-refractivity contribution in [1.29, 1.82) is 0 Å². The van der Waals surface area contributed by atoms with Crippen molar-refractivity contribution in [3.63, 3.8) is 0 Å². The van der Waals surface area contributed by atoms with E-state index in [1.807, 2.05) is 43.3 Å². The topological polar surface area (TPSA) is 52.3 Å². The Bertz CT molecular complexity index is 588. The van der Waals surface area contributed by atoms with E-state index in [1.165, 1.54) is 5.56 Å². The third-order valence-corrected chi connectivity index (χ3v) is 3.00. The zero-order valence-electron chi connectivity index (χ0n) is 11.1. The summed E-state index contributed by atoms with van der Waals surface area (Å²) < 4.78 is 5.38. The Morgan fingerprint density at radius 2 is 1.84 bits per heavy atom. The van der Waals surface area contributed by atoms with Gasteiger partial charge in [-0.15, -0.1) is 0 Å². The molecule has 0 saturated heterocycles. The molecule has 2 aromatic carbocycles. The average Bonchev–Trinajstić information content (AvgIpc) is 2.39. The second-order valence-electron chi connectivity index (χ2n) is 4.54. The summed E-state index contributed by atoms with van der Waals surface area (Å²) in [5.41, 5.74) is 9.39. The quantitative estimate of drug-likeness (QED) is 0.913. The molecule has 0 saturated carbocycles. The highest BCUT2D eigenvalue weighted by atomic mass is 16.5. The molecule has 2 aromatic rings. The zero-order valence-corrected chi connectivity index (χ0v) is 11.1. The molecule has 0 heterocycles. The van der Waals surface area contributed by atoms with Crippen molar-refractivity contribution >= 4 is 5.91 Å². The van der Waals surface area contributed by atoms with Crippen LogP contribution in [0.3, 0.4) is 0 Å². The highest BCUT2D eigenvalue weighted by Gasteiger charge is 2.06. The lowest BCUT2D eigenvalue weighted by Crippen LogP contribution is -2.13. The van der Waals surface area contributed by atoms with Crippen molar-refractivity contribution < 1.29 is 9.53 Å². The number of methoxy groups -OCH3 is 1. The van der Waals surface area contributed by atoms with E-state index >= 15 is 0 Å². The first-order chi connectivity index (χ1) is 9.10. The van der Waals surface area contributed by atoms with Gasteiger partial charge in [0.2, 0.25) is 5.91 Å². The number of primary amides is 1. The summed E-state index contributed by atoms with van der Waals surface area (Å²) in [5, 5.41) is 0. The summed E-state index contributed by atoms with van der Waals surface area (Å²) in [7, 11) is 1.66. The van der Waals surface area contributed by atoms with Crippen LogP contribution in [-0.4, -0.2) is 13.0 Å². The van der Waals surface area contributed by atoms with Gasteiger partial charge in [-0.25, -0.2) is 0 Å². The Hall–Kier alpha value is -2.29.